The summed E-state index contributed by atoms with van der Waals surface area (Å²) in [6, 6.07) is 10.6. The second-order valence-corrected chi connectivity index (χ2v) is 9.49. The Hall–Kier alpha value is -3.59. The maximum Gasteiger partial charge on any atom is 0.270 e. The Bertz CT molecular complexity index is 1480. The van der Waals surface area contributed by atoms with Gasteiger partial charge in [-0.05, 0) is 48.5 Å². The van der Waals surface area contributed by atoms with Gasteiger partial charge in [0.2, 0.25) is 15.9 Å². The van der Waals surface area contributed by atoms with Crippen LogP contribution in [0.25, 0.3) is 11.1 Å². The van der Waals surface area contributed by atoms with Crippen LogP contribution in [0.3, 0.4) is 0 Å². The van der Waals surface area contributed by atoms with Gasteiger partial charge in [-0.15, -0.1) is 0 Å². The molecule has 0 saturated heterocycles. The number of anilines is 1. The number of benzene rings is 3. The summed E-state index contributed by atoms with van der Waals surface area (Å²) in [7, 11) is -4.18. The van der Waals surface area contributed by atoms with E-state index >= 15 is 4.39 Å². The molecule has 0 unspecified atom stereocenters. The van der Waals surface area contributed by atoms with Crippen LogP contribution in [-0.4, -0.2) is 14.3 Å². The highest BCUT2D eigenvalue weighted by Crippen LogP contribution is 2.41. The summed E-state index contributed by atoms with van der Waals surface area (Å²) >= 11 is 6.11. The Balaban J connectivity index is 2.20. The molecule has 7 nitrogen and oxygen atoms in total. The summed E-state index contributed by atoms with van der Waals surface area (Å²) in [5.41, 5.74) is -0.904. The summed E-state index contributed by atoms with van der Waals surface area (Å²) < 4.78 is 72.5. The number of ether oxygens (including phenoxy) is 1. The number of halogens is 4. The molecule has 3 rings (SSSR count). The van der Waals surface area contributed by atoms with E-state index in [1.54, 1.807) is 6.07 Å². The predicted molar refractivity (Wildman–Crippen MR) is 123 cm³/mol. The summed E-state index contributed by atoms with van der Waals surface area (Å²) in [6.07, 6.45) is 0. The first-order valence-corrected chi connectivity index (χ1v) is 11.7. The number of rotatable bonds is 6. The second-order valence-electron chi connectivity index (χ2n) is 7.52. The highest BCUT2D eigenvalue weighted by molar-refractivity contribution is 7.89. The highest BCUT2D eigenvalue weighted by atomic mass is 35.5. The van der Waals surface area contributed by atoms with Gasteiger partial charge >= 0.3 is 0 Å². The van der Waals surface area contributed by atoms with E-state index in [0.717, 1.165) is 30.3 Å². The SMILES string of the molecule is CC(=O)Nc1ccc(S(N)(=O)=O)cc1-c1ccc(Cl)c(Oc2cc(C#N)cc(C(C)(F)F)c2)c1F. The van der Waals surface area contributed by atoms with E-state index < -0.39 is 39.0 Å². The Morgan fingerprint density at radius 3 is 2.40 bits per heavy atom. The lowest BCUT2D eigenvalue weighted by atomic mass is 10.0. The zero-order valence-electron chi connectivity index (χ0n) is 18.2. The lowest BCUT2D eigenvalue weighted by molar-refractivity contribution is -0.114. The first-order valence-electron chi connectivity index (χ1n) is 9.75. The molecule has 35 heavy (non-hydrogen) atoms. The number of hydrogen-bond acceptors (Lipinski definition) is 5. The van der Waals surface area contributed by atoms with E-state index in [-0.39, 0.29) is 38.0 Å². The molecule has 12 heteroatoms. The van der Waals surface area contributed by atoms with Crippen molar-refractivity contribution in [3.63, 3.8) is 0 Å². The van der Waals surface area contributed by atoms with E-state index in [0.29, 0.717) is 6.92 Å². The van der Waals surface area contributed by atoms with Crippen molar-refractivity contribution < 1.29 is 31.1 Å². The number of primary sulfonamides is 1. The van der Waals surface area contributed by atoms with Crippen molar-refractivity contribution in [3.05, 3.63) is 70.5 Å². The van der Waals surface area contributed by atoms with Gasteiger partial charge in [0.15, 0.2) is 11.6 Å². The fourth-order valence-corrected chi connectivity index (χ4v) is 3.87. The van der Waals surface area contributed by atoms with Crippen molar-refractivity contribution in [1.82, 2.24) is 0 Å². The monoisotopic (exact) mass is 523 g/mol. The maximum absolute atomic E-state index is 15.7. The first-order chi connectivity index (χ1) is 16.2. The number of carbonyl (C=O) groups excluding carboxylic acids is 1. The van der Waals surface area contributed by atoms with Crippen LogP contribution in [0, 0.1) is 17.1 Å². The van der Waals surface area contributed by atoms with Crippen LogP contribution in [0.2, 0.25) is 5.02 Å². The van der Waals surface area contributed by atoms with Gasteiger partial charge in [0.1, 0.15) is 5.75 Å². The number of alkyl halides is 2. The number of amides is 1. The average molecular weight is 524 g/mol. The van der Waals surface area contributed by atoms with Crippen molar-refractivity contribution in [1.29, 1.82) is 5.26 Å². The van der Waals surface area contributed by atoms with E-state index in [2.05, 4.69) is 5.32 Å². The molecule has 0 bridgehead atoms. The van der Waals surface area contributed by atoms with Gasteiger partial charge in [0.05, 0.1) is 21.6 Å². The van der Waals surface area contributed by atoms with Gasteiger partial charge in [-0.3, -0.25) is 4.79 Å². The Labute approximate surface area is 203 Å². The molecule has 0 aliphatic carbocycles. The van der Waals surface area contributed by atoms with Crippen LogP contribution in [0.5, 0.6) is 11.5 Å². The fraction of sp³-hybridized carbons (Fsp3) is 0.130. The second kappa shape index (κ2) is 9.58. The smallest absolute Gasteiger partial charge is 0.270 e. The summed E-state index contributed by atoms with van der Waals surface area (Å²) in [4.78, 5) is 11.3. The number of nitrogens with two attached hydrogens (primary N) is 1. The van der Waals surface area contributed by atoms with Gasteiger partial charge in [-0.25, -0.2) is 26.7 Å². The Morgan fingerprint density at radius 1 is 1.14 bits per heavy atom. The number of hydrogen-bond donors (Lipinski definition) is 2. The minimum atomic E-state index is -4.18. The zero-order valence-corrected chi connectivity index (χ0v) is 19.8. The average Bonchev–Trinajstić information content (AvgIpc) is 2.75. The van der Waals surface area contributed by atoms with Gasteiger partial charge < -0.3 is 10.1 Å². The quantitative estimate of drug-likeness (QED) is 0.440. The molecule has 0 heterocycles. The normalized spacial score (nSPS) is 11.6. The summed E-state index contributed by atoms with van der Waals surface area (Å²) in [5.74, 6) is -5.75. The lowest BCUT2D eigenvalue weighted by Gasteiger charge is -2.17. The maximum atomic E-state index is 15.7. The van der Waals surface area contributed by atoms with Crippen LogP contribution in [0.4, 0.5) is 18.9 Å². The largest absolute Gasteiger partial charge is 0.453 e. The van der Waals surface area contributed by atoms with E-state index in [1.165, 1.54) is 25.1 Å². The van der Waals surface area contributed by atoms with Crippen LogP contribution in [-0.2, 0) is 20.7 Å². The fourth-order valence-electron chi connectivity index (χ4n) is 3.15. The number of nitriles is 1. The molecule has 3 N–H and O–H groups in total. The highest BCUT2D eigenvalue weighted by Gasteiger charge is 2.27. The van der Waals surface area contributed by atoms with Gasteiger partial charge in [0.25, 0.3) is 5.92 Å². The topological polar surface area (TPSA) is 122 Å². The molecule has 0 aromatic heterocycles. The van der Waals surface area contributed by atoms with E-state index in [1.807, 2.05) is 0 Å². The van der Waals surface area contributed by atoms with Crippen molar-refractivity contribution in [2.24, 2.45) is 5.14 Å². The third-order valence-electron chi connectivity index (χ3n) is 4.73. The van der Waals surface area contributed by atoms with Crippen molar-refractivity contribution in [2.75, 3.05) is 5.32 Å². The molecule has 0 spiro atoms. The molecule has 0 fully saturated rings. The molecule has 0 aliphatic rings. The molecule has 3 aromatic rings. The van der Waals surface area contributed by atoms with Crippen LogP contribution in [0.1, 0.15) is 25.0 Å². The third kappa shape index (κ3) is 5.92. The zero-order chi connectivity index (χ0) is 26.1. The van der Waals surface area contributed by atoms with Crippen molar-refractivity contribution in [3.8, 4) is 28.7 Å². The Kier molecular flexibility index (Phi) is 7.12. The number of nitrogens with one attached hydrogen (secondary N) is 1. The van der Waals surface area contributed by atoms with Crippen LogP contribution < -0.4 is 15.2 Å². The van der Waals surface area contributed by atoms with Gasteiger partial charge in [-0.2, -0.15) is 5.26 Å². The van der Waals surface area contributed by atoms with Crippen molar-refractivity contribution in [2.45, 2.75) is 24.7 Å². The predicted octanol–water partition coefficient (Wildman–Crippen LogP) is 5.53. The van der Waals surface area contributed by atoms with Crippen LogP contribution >= 0.6 is 11.6 Å². The van der Waals surface area contributed by atoms with Crippen LogP contribution in [0.15, 0.2) is 53.4 Å². The minimum absolute atomic E-state index is 0.0581. The molecular weight excluding hydrogens is 507 g/mol. The standard InChI is InChI=1S/C23H17ClF3N3O4S/c1-12(31)30-20-6-3-16(35(29,32)33)10-18(20)17-4-5-19(24)22(21(17)25)34-15-8-13(11-28)7-14(9-15)23(2,26)27/h3-10H,1-2H3,(H,30,31)(H2,29,32,33). The first kappa shape index (κ1) is 26.0. The number of carbonyl (C=O) groups is 1. The molecule has 182 valence electrons. The summed E-state index contributed by atoms with van der Waals surface area (Å²) in [5, 5.41) is 16.6. The molecule has 1 amide bonds. The molecule has 3 aromatic carbocycles. The molecular formula is C23H17ClF3N3O4S. The number of nitrogens with zero attached hydrogens (tertiary/aromatic N) is 1. The lowest BCUT2D eigenvalue weighted by Crippen LogP contribution is -2.13. The molecule has 0 atom stereocenters. The third-order valence-corrected chi connectivity index (χ3v) is 5.94. The molecule has 0 aliphatic heterocycles. The van der Waals surface area contributed by atoms with Crippen molar-refractivity contribution >= 4 is 33.2 Å². The molecule has 0 saturated carbocycles. The van der Waals surface area contributed by atoms with E-state index in [9.17, 15) is 27.3 Å². The Morgan fingerprint density at radius 2 is 1.83 bits per heavy atom. The van der Waals surface area contributed by atoms with E-state index in [4.69, 9.17) is 21.5 Å². The van der Waals surface area contributed by atoms with Gasteiger partial charge in [0, 0.05) is 36.2 Å². The molecule has 0 radical (unpaired) electrons. The van der Waals surface area contributed by atoms with Gasteiger partial charge in [-0.1, -0.05) is 11.6 Å². The minimum Gasteiger partial charge on any atom is -0.453 e. The number of sulfonamides is 1. The summed E-state index contributed by atoms with van der Waals surface area (Å²) in [6.45, 7) is 1.83.